The largest absolute Gasteiger partial charge is 0.418 e. The smallest absolute Gasteiger partial charge is 0.367 e. The van der Waals surface area contributed by atoms with E-state index in [2.05, 4.69) is 4.74 Å². The Bertz CT molecular complexity index is 663. The van der Waals surface area contributed by atoms with Crippen LogP contribution in [0.1, 0.15) is 22.0 Å². The molecule has 0 bridgehead atoms. The van der Waals surface area contributed by atoms with Crippen molar-refractivity contribution >= 4 is 6.29 Å². The Hall–Kier alpha value is -2.21. The van der Waals surface area contributed by atoms with Crippen LogP contribution in [0.4, 0.5) is 17.6 Å². The van der Waals surface area contributed by atoms with E-state index in [4.69, 9.17) is 0 Å². The van der Waals surface area contributed by atoms with Crippen LogP contribution in [0.5, 0.6) is 0 Å². The summed E-state index contributed by atoms with van der Waals surface area (Å²) < 4.78 is 56.3. The maximum absolute atomic E-state index is 13.0. The van der Waals surface area contributed by atoms with Crippen LogP contribution in [0.2, 0.25) is 0 Å². The van der Waals surface area contributed by atoms with Crippen LogP contribution in [0, 0.1) is 5.82 Å². The van der Waals surface area contributed by atoms with Gasteiger partial charge in [0.15, 0.2) is 6.10 Å². The first kappa shape index (κ1) is 16.2. The number of carbonyl (C=O) groups excluding carboxylic acids is 1. The van der Waals surface area contributed by atoms with E-state index >= 15 is 0 Å². The third-order valence-electron chi connectivity index (χ3n) is 3.13. The first-order valence-corrected chi connectivity index (χ1v) is 6.31. The quantitative estimate of drug-likeness (QED) is 0.611. The van der Waals surface area contributed by atoms with Gasteiger partial charge in [-0.2, -0.15) is 13.2 Å². The van der Waals surface area contributed by atoms with Gasteiger partial charge in [0.05, 0.1) is 0 Å². The molecule has 1 atom stereocenters. The molecule has 6 heteroatoms. The maximum Gasteiger partial charge on any atom is 0.418 e. The van der Waals surface area contributed by atoms with Crippen LogP contribution in [0.3, 0.4) is 0 Å². The van der Waals surface area contributed by atoms with Crippen molar-refractivity contribution in [1.29, 1.82) is 0 Å². The van der Waals surface area contributed by atoms with Crippen LogP contribution >= 0.6 is 0 Å². The molecular formula is C16H12F4O2. The highest BCUT2D eigenvalue weighted by atomic mass is 19.4. The molecule has 0 N–H and O–H groups in total. The van der Waals surface area contributed by atoms with E-state index in [1.807, 2.05) is 0 Å². The number of rotatable bonds is 4. The lowest BCUT2D eigenvalue weighted by molar-refractivity contribution is -0.215. The standard InChI is InChI=1S/C16H12F4O2/c1-22-15(16(18,19)20)13-7-10(9-21)6-12(8-13)11-2-4-14(17)5-3-11/h2-9,15H,1H3. The molecule has 22 heavy (non-hydrogen) atoms. The molecule has 0 aliphatic carbocycles. The summed E-state index contributed by atoms with van der Waals surface area (Å²) in [6.07, 6.45) is -6.28. The van der Waals surface area contributed by atoms with E-state index in [1.54, 1.807) is 0 Å². The van der Waals surface area contributed by atoms with Gasteiger partial charge in [0.2, 0.25) is 0 Å². The first-order chi connectivity index (χ1) is 10.3. The summed E-state index contributed by atoms with van der Waals surface area (Å²) in [5.41, 5.74) is 0.788. The number of halogens is 4. The lowest BCUT2D eigenvalue weighted by atomic mass is 9.97. The molecular weight excluding hydrogens is 300 g/mol. The number of carbonyl (C=O) groups is 1. The van der Waals surface area contributed by atoms with Crippen LogP contribution in [-0.2, 0) is 4.74 Å². The number of alkyl halides is 3. The Kier molecular flexibility index (Phi) is 4.61. The van der Waals surface area contributed by atoms with Crippen molar-refractivity contribution in [3.8, 4) is 11.1 Å². The van der Waals surface area contributed by atoms with Crippen LogP contribution in [-0.4, -0.2) is 19.6 Å². The van der Waals surface area contributed by atoms with Gasteiger partial charge >= 0.3 is 6.18 Å². The highest BCUT2D eigenvalue weighted by molar-refractivity contribution is 5.79. The third-order valence-corrected chi connectivity index (χ3v) is 3.13. The van der Waals surface area contributed by atoms with Gasteiger partial charge in [-0.05, 0) is 47.0 Å². The summed E-state index contributed by atoms with van der Waals surface area (Å²) in [6.45, 7) is 0. The first-order valence-electron chi connectivity index (χ1n) is 6.31. The van der Waals surface area contributed by atoms with Gasteiger partial charge in [-0.1, -0.05) is 12.1 Å². The summed E-state index contributed by atoms with van der Waals surface area (Å²) in [4.78, 5) is 11.0. The van der Waals surface area contributed by atoms with E-state index in [0.29, 0.717) is 17.4 Å². The predicted octanol–water partition coefficient (Wildman–Crippen LogP) is 4.56. The summed E-state index contributed by atoms with van der Waals surface area (Å²) in [7, 11) is 0.948. The highest BCUT2D eigenvalue weighted by Crippen LogP contribution is 2.37. The fourth-order valence-electron chi connectivity index (χ4n) is 2.16. The fourth-order valence-corrected chi connectivity index (χ4v) is 2.16. The Morgan fingerprint density at radius 2 is 1.68 bits per heavy atom. The minimum Gasteiger partial charge on any atom is -0.367 e. The number of aldehydes is 1. The molecule has 0 saturated heterocycles. The third kappa shape index (κ3) is 3.51. The topological polar surface area (TPSA) is 26.3 Å². The average molecular weight is 312 g/mol. The van der Waals surface area contributed by atoms with Gasteiger partial charge in [-0.3, -0.25) is 4.79 Å². The Balaban J connectivity index is 2.55. The fraction of sp³-hybridized carbons (Fsp3) is 0.188. The zero-order chi connectivity index (χ0) is 16.3. The molecule has 2 nitrogen and oxygen atoms in total. The molecule has 0 fully saturated rings. The molecule has 2 aromatic carbocycles. The van der Waals surface area contributed by atoms with Crippen molar-refractivity contribution < 1.29 is 27.1 Å². The van der Waals surface area contributed by atoms with Gasteiger partial charge < -0.3 is 4.74 Å². The zero-order valence-corrected chi connectivity index (χ0v) is 11.5. The predicted molar refractivity (Wildman–Crippen MR) is 73.0 cm³/mol. The number of hydrogen-bond acceptors (Lipinski definition) is 2. The van der Waals surface area contributed by atoms with E-state index in [-0.39, 0.29) is 11.1 Å². The minimum atomic E-state index is -4.60. The minimum absolute atomic E-state index is 0.0862. The van der Waals surface area contributed by atoms with E-state index in [0.717, 1.165) is 13.2 Å². The molecule has 0 heterocycles. The number of hydrogen-bond donors (Lipinski definition) is 0. The van der Waals surface area contributed by atoms with Gasteiger partial charge in [-0.25, -0.2) is 4.39 Å². The monoisotopic (exact) mass is 312 g/mol. The van der Waals surface area contributed by atoms with Crippen molar-refractivity contribution in [3.05, 3.63) is 59.4 Å². The molecule has 0 amide bonds. The van der Waals surface area contributed by atoms with Gasteiger partial charge in [-0.15, -0.1) is 0 Å². The molecule has 0 aromatic heterocycles. The van der Waals surface area contributed by atoms with E-state index < -0.39 is 18.1 Å². The van der Waals surface area contributed by atoms with Gasteiger partial charge in [0, 0.05) is 12.7 Å². The highest BCUT2D eigenvalue weighted by Gasteiger charge is 2.41. The number of ether oxygens (including phenoxy) is 1. The summed E-state index contributed by atoms with van der Waals surface area (Å²) in [5, 5.41) is 0. The van der Waals surface area contributed by atoms with Crippen LogP contribution in [0.25, 0.3) is 11.1 Å². The summed E-state index contributed by atoms with van der Waals surface area (Å²) >= 11 is 0. The molecule has 0 aliphatic heterocycles. The van der Waals surface area contributed by atoms with Crippen LogP contribution < -0.4 is 0 Å². The van der Waals surface area contributed by atoms with Gasteiger partial charge in [0.1, 0.15) is 12.1 Å². The lowest BCUT2D eigenvalue weighted by Crippen LogP contribution is -2.22. The Morgan fingerprint density at radius 3 is 2.18 bits per heavy atom. The van der Waals surface area contributed by atoms with Crippen molar-refractivity contribution in [2.24, 2.45) is 0 Å². The second kappa shape index (κ2) is 6.27. The lowest BCUT2D eigenvalue weighted by Gasteiger charge is -2.20. The number of methoxy groups -OCH3 is 1. The van der Waals surface area contributed by atoms with Crippen molar-refractivity contribution in [2.75, 3.05) is 7.11 Å². The molecule has 2 rings (SSSR count). The molecule has 0 saturated carbocycles. The van der Waals surface area contributed by atoms with Crippen molar-refractivity contribution in [2.45, 2.75) is 12.3 Å². The molecule has 2 aromatic rings. The SMILES string of the molecule is COC(c1cc(C=O)cc(-c2ccc(F)cc2)c1)C(F)(F)F. The summed E-state index contributed by atoms with van der Waals surface area (Å²) in [5.74, 6) is -0.458. The van der Waals surface area contributed by atoms with Crippen molar-refractivity contribution in [1.82, 2.24) is 0 Å². The molecule has 0 spiro atoms. The Morgan fingerprint density at radius 1 is 1.05 bits per heavy atom. The van der Waals surface area contributed by atoms with Crippen molar-refractivity contribution in [3.63, 3.8) is 0 Å². The average Bonchev–Trinajstić information content (AvgIpc) is 2.47. The van der Waals surface area contributed by atoms with E-state index in [1.165, 1.54) is 36.4 Å². The van der Waals surface area contributed by atoms with Gasteiger partial charge in [0.25, 0.3) is 0 Å². The second-order valence-corrected chi connectivity index (χ2v) is 4.67. The molecule has 1 unspecified atom stereocenters. The second-order valence-electron chi connectivity index (χ2n) is 4.67. The number of benzene rings is 2. The Labute approximate surface area is 124 Å². The normalized spacial score (nSPS) is 13.0. The zero-order valence-electron chi connectivity index (χ0n) is 11.5. The summed E-state index contributed by atoms with van der Waals surface area (Å²) in [6, 6.07) is 9.09. The molecule has 0 radical (unpaired) electrons. The maximum atomic E-state index is 13.0. The molecule has 116 valence electrons. The van der Waals surface area contributed by atoms with E-state index in [9.17, 15) is 22.4 Å². The van der Waals surface area contributed by atoms with Crippen LogP contribution in [0.15, 0.2) is 42.5 Å². The molecule has 0 aliphatic rings.